The number of benzene rings is 1. The molecule has 0 aromatic heterocycles. The number of aryl methyl sites for hydroxylation is 1. The van der Waals surface area contributed by atoms with E-state index in [9.17, 15) is 9.59 Å². The summed E-state index contributed by atoms with van der Waals surface area (Å²) in [6.07, 6.45) is 0.369. The van der Waals surface area contributed by atoms with Gasteiger partial charge in [0.15, 0.2) is 0 Å². The maximum absolute atomic E-state index is 11.9. The summed E-state index contributed by atoms with van der Waals surface area (Å²) < 4.78 is 0. The molecule has 0 bridgehead atoms. The van der Waals surface area contributed by atoms with E-state index in [1.807, 2.05) is 6.92 Å². The van der Waals surface area contributed by atoms with Crippen LogP contribution in [0.4, 0.5) is 0 Å². The Labute approximate surface area is 117 Å². The van der Waals surface area contributed by atoms with Gasteiger partial charge in [-0.2, -0.15) is 0 Å². The molecule has 0 saturated heterocycles. The minimum atomic E-state index is -0.875. The van der Waals surface area contributed by atoms with Crippen molar-refractivity contribution in [2.75, 3.05) is 6.54 Å². The summed E-state index contributed by atoms with van der Waals surface area (Å²) in [6.45, 7) is 5.43. The topological polar surface area (TPSA) is 66.4 Å². The molecule has 0 aliphatic rings. The maximum atomic E-state index is 11.9. The highest BCUT2D eigenvalue weighted by atomic mass is 35.5. The Morgan fingerprint density at radius 1 is 1.32 bits per heavy atom. The van der Waals surface area contributed by atoms with Gasteiger partial charge in [-0.25, -0.2) is 0 Å². The van der Waals surface area contributed by atoms with Gasteiger partial charge in [0.1, 0.15) is 0 Å². The van der Waals surface area contributed by atoms with Gasteiger partial charge in [0.05, 0.1) is 5.41 Å². The number of hydrogen-bond acceptors (Lipinski definition) is 2. The first-order valence-electron chi connectivity index (χ1n) is 6.01. The minimum Gasteiger partial charge on any atom is -0.481 e. The molecule has 1 aromatic rings. The highest BCUT2D eigenvalue weighted by molar-refractivity contribution is 6.31. The number of carbonyl (C=O) groups excluding carboxylic acids is 1. The lowest BCUT2D eigenvalue weighted by Gasteiger charge is -2.18. The van der Waals surface area contributed by atoms with Crippen LogP contribution < -0.4 is 5.32 Å². The number of halogens is 1. The van der Waals surface area contributed by atoms with E-state index >= 15 is 0 Å². The zero-order valence-corrected chi connectivity index (χ0v) is 12.0. The van der Waals surface area contributed by atoms with Crippen molar-refractivity contribution < 1.29 is 14.7 Å². The predicted molar refractivity (Wildman–Crippen MR) is 74.6 cm³/mol. The molecule has 0 heterocycles. The molecule has 4 nitrogen and oxygen atoms in total. The molecule has 1 aromatic carbocycles. The highest BCUT2D eigenvalue weighted by Crippen LogP contribution is 2.19. The third kappa shape index (κ3) is 4.56. The molecular formula is C14H18ClNO3. The van der Waals surface area contributed by atoms with Crippen molar-refractivity contribution >= 4 is 23.5 Å². The van der Waals surface area contributed by atoms with E-state index in [2.05, 4.69) is 5.32 Å². The van der Waals surface area contributed by atoms with Crippen LogP contribution in [0, 0.1) is 12.3 Å². The van der Waals surface area contributed by atoms with Crippen LogP contribution in [0.5, 0.6) is 0 Å². The monoisotopic (exact) mass is 283 g/mol. The number of nitrogens with one attached hydrogen (secondary N) is 1. The fourth-order valence-corrected chi connectivity index (χ4v) is 1.85. The largest absolute Gasteiger partial charge is 0.481 e. The Hall–Kier alpha value is -1.55. The summed E-state index contributed by atoms with van der Waals surface area (Å²) in [5.74, 6) is -1.12. The second-order valence-corrected chi connectivity index (χ2v) is 5.65. The molecule has 0 radical (unpaired) electrons. The molecule has 0 aliphatic heterocycles. The van der Waals surface area contributed by atoms with Crippen molar-refractivity contribution in [1.29, 1.82) is 0 Å². The number of amides is 1. The second kappa shape index (κ2) is 6.06. The standard InChI is InChI=1S/C14H18ClNO3/c1-9-6-10(8-11(15)7-9)12(17)16-5-4-14(2,3)13(18)19/h6-8H,4-5H2,1-3H3,(H,16,17)(H,18,19). The Balaban J connectivity index is 2.59. The van der Waals surface area contributed by atoms with Crippen molar-refractivity contribution in [3.8, 4) is 0 Å². The quantitative estimate of drug-likeness (QED) is 0.873. The van der Waals surface area contributed by atoms with Crippen LogP contribution in [0.2, 0.25) is 5.02 Å². The zero-order chi connectivity index (χ0) is 14.6. The molecule has 0 saturated carbocycles. The van der Waals surface area contributed by atoms with Gasteiger partial charge in [-0.15, -0.1) is 0 Å². The van der Waals surface area contributed by atoms with Crippen molar-refractivity contribution in [1.82, 2.24) is 5.32 Å². The molecule has 0 fully saturated rings. The normalized spacial score (nSPS) is 11.2. The van der Waals surface area contributed by atoms with E-state index in [0.717, 1.165) is 5.56 Å². The molecule has 2 N–H and O–H groups in total. The van der Waals surface area contributed by atoms with E-state index in [1.54, 1.807) is 32.0 Å². The van der Waals surface area contributed by atoms with Crippen LogP contribution in [0.15, 0.2) is 18.2 Å². The van der Waals surface area contributed by atoms with Gasteiger partial charge in [0.2, 0.25) is 0 Å². The van der Waals surface area contributed by atoms with E-state index in [-0.39, 0.29) is 5.91 Å². The average Bonchev–Trinajstić information content (AvgIpc) is 2.27. The number of aliphatic carboxylic acids is 1. The summed E-state index contributed by atoms with van der Waals surface area (Å²) in [5.41, 5.74) is 0.541. The Kier molecular flexibility index (Phi) is 4.95. The molecule has 0 atom stereocenters. The lowest BCUT2D eigenvalue weighted by Crippen LogP contribution is -2.31. The molecule has 19 heavy (non-hydrogen) atoms. The maximum Gasteiger partial charge on any atom is 0.309 e. The smallest absolute Gasteiger partial charge is 0.309 e. The summed E-state index contributed by atoms with van der Waals surface area (Å²) in [6, 6.07) is 5.10. The number of rotatable bonds is 5. The fraction of sp³-hybridized carbons (Fsp3) is 0.429. The molecule has 0 aliphatic carbocycles. The Morgan fingerprint density at radius 3 is 2.47 bits per heavy atom. The van der Waals surface area contributed by atoms with Gasteiger partial charge >= 0.3 is 5.97 Å². The third-order valence-electron chi connectivity index (χ3n) is 2.92. The summed E-state index contributed by atoms with van der Waals surface area (Å²) in [4.78, 5) is 22.8. The lowest BCUT2D eigenvalue weighted by atomic mass is 9.90. The molecule has 0 unspecified atom stereocenters. The van der Waals surface area contributed by atoms with Crippen molar-refractivity contribution in [3.05, 3.63) is 34.3 Å². The average molecular weight is 284 g/mol. The Bertz CT molecular complexity index is 477. The van der Waals surface area contributed by atoms with Crippen LogP contribution >= 0.6 is 11.6 Å². The van der Waals surface area contributed by atoms with Crippen molar-refractivity contribution in [2.45, 2.75) is 27.2 Å². The fourth-order valence-electron chi connectivity index (χ4n) is 1.56. The van der Waals surface area contributed by atoms with Crippen molar-refractivity contribution in [3.63, 3.8) is 0 Å². The number of hydrogen-bond donors (Lipinski definition) is 2. The summed E-state index contributed by atoms with van der Waals surface area (Å²) in [5, 5.41) is 12.2. The van der Waals surface area contributed by atoms with Crippen LogP contribution in [0.1, 0.15) is 36.2 Å². The molecule has 0 spiro atoms. The van der Waals surface area contributed by atoms with E-state index in [0.29, 0.717) is 23.6 Å². The van der Waals surface area contributed by atoms with Gasteiger partial charge in [-0.1, -0.05) is 11.6 Å². The Morgan fingerprint density at radius 2 is 1.95 bits per heavy atom. The van der Waals surface area contributed by atoms with Crippen LogP contribution in [-0.4, -0.2) is 23.5 Å². The van der Waals surface area contributed by atoms with Crippen molar-refractivity contribution in [2.24, 2.45) is 5.41 Å². The highest BCUT2D eigenvalue weighted by Gasteiger charge is 2.26. The molecule has 104 valence electrons. The second-order valence-electron chi connectivity index (χ2n) is 5.21. The van der Waals surface area contributed by atoms with Gasteiger partial charge in [-0.05, 0) is 51.0 Å². The van der Waals surface area contributed by atoms with Crippen LogP contribution in [0.3, 0.4) is 0 Å². The number of carbonyl (C=O) groups is 2. The SMILES string of the molecule is Cc1cc(Cl)cc(C(=O)NCCC(C)(C)C(=O)O)c1. The van der Waals surface area contributed by atoms with Gasteiger partial charge in [0.25, 0.3) is 5.91 Å². The molecule has 1 rings (SSSR count). The van der Waals surface area contributed by atoms with E-state index in [4.69, 9.17) is 16.7 Å². The molecular weight excluding hydrogens is 266 g/mol. The molecule has 5 heteroatoms. The summed E-state index contributed by atoms with van der Waals surface area (Å²) in [7, 11) is 0. The minimum absolute atomic E-state index is 0.244. The number of carboxylic acid groups (broad SMARTS) is 1. The predicted octanol–water partition coefficient (Wildman–Crippen LogP) is 2.88. The lowest BCUT2D eigenvalue weighted by molar-refractivity contribution is -0.147. The molecule has 1 amide bonds. The van der Waals surface area contributed by atoms with Crippen LogP contribution in [0.25, 0.3) is 0 Å². The number of carboxylic acids is 1. The van der Waals surface area contributed by atoms with E-state index < -0.39 is 11.4 Å². The van der Waals surface area contributed by atoms with Gasteiger partial charge < -0.3 is 10.4 Å². The first kappa shape index (κ1) is 15.5. The zero-order valence-electron chi connectivity index (χ0n) is 11.3. The first-order chi connectivity index (χ1) is 8.72. The first-order valence-corrected chi connectivity index (χ1v) is 6.39. The summed E-state index contributed by atoms with van der Waals surface area (Å²) >= 11 is 5.88. The van der Waals surface area contributed by atoms with Crippen LogP contribution in [-0.2, 0) is 4.79 Å². The van der Waals surface area contributed by atoms with E-state index in [1.165, 1.54) is 0 Å². The van der Waals surface area contributed by atoms with Gasteiger partial charge in [-0.3, -0.25) is 9.59 Å². The van der Waals surface area contributed by atoms with Gasteiger partial charge in [0, 0.05) is 17.1 Å². The third-order valence-corrected chi connectivity index (χ3v) is 3.14.